The molecule has 22 heavy (non-hydrogen) atoms. The highest BCUT2D eigenvalue weighted by atomic mass is 127. The molecule has 5 nitrogen and oxygen atoms in total. The van der Waals surface area contributed by atoms with Crippen molar-refractivity contribution in [3.8, 4) is 0 Å². The number of nitrogens with one attached hydrogen (secondary N) is 3. The molecule has 1 aromatic rings. The molecular weight excluding hydrogens is 415 g/mol. The van der Waals surface area contributed by atoms with Gasteiger partial charge in [0, 0.05) is 36.3 Å². The van der Waals surface area contributed by atoms with Crippen LogP contribution in [0.4, 0.5) is 0 Å². The number of carbonyl (C=O) groups excluding carboxylic acids is 1. The first-order valence-corrected chi connectivity index (χ1v) is 7.22. The normalized spacial score (nSPS) is 11.4. The molecule has 0 unspecified atom stereocenters. The molecule has 3 N–H and O–H groups in total. The monoisotopic (exact) mass is 438 g/mol. The minimum Gasteiger partial charge on any atom is -0.355 e. The molecular formula is C15H24ClIN4O. The minimum absolute atomic E-state index is 0. The van der Waals surface area contributed by atoms with Gasteiger partial charge in [0.15, 0.2) is 5.96 Å². The van der Waals surface area contributed by atoms with Crippen molar-refractivity contribution in [1.82, 2.24) is 16.0 Å². The lowest BCUT2D eigenvalue weighted by Gasteiger charge is -2.23. The zero-order valence-corrected chi connectivity index (χ0v) is 16.5. The van der Waals surface area contributed by atoms with E-state index >= 15 is 0 Å². The van der Waals surface area contributed by atoms with E-state index in [9.17, 15) is 4.79 Å². The molecule has 0 aromatic heterocycles. The minimum atomic E-state index is -0.118. The zero-order valence-electron chi connectivity index (χ0n) is 13.4. The van der Waals surface area contributed by atoms with Gasteiger partial charge in [-0.3, -0.25) is 9.79 Å². The van der Waals surface area contributed by atoms with E-state index in [1.807, 2.05) is 0 Å². The van der Waals surface area contributed by atoms with E-state index in [-0.39, 0.29) is 35.4 Å². The summed E-state index contributed by atoms with van der Waals surface area (Å²) >= 11 is 5.78. The molecule has 1 aromatic carbocycles. The second kappa shape index (κ2) is 9.89. The van der Waals surface area contributed by atoms with Crippen molar-refractivity contribution >= 4 is 47.4 Å². The fraction of sp³-hybridized carbons (Fsp3) is 0.467. The van der Waals surface area contributed by atoms with Gasteiger partial charge in [0.25, 0.3) is 5.91 Å². The van der Waals surface area contributed by atoms with Gasteiger partial charge in [0.2, 0.25) is 0 Å². The van der Waals surface area contributed by atoms with E-state index in [0.717, 1.165) is 0 Å². The number of halogens is 2. The Kier molecular flexibility index (Phi) is 9.43. The first kappa shape index (κ1) is 21.0. The molecule has 7 heteroatoms. The van der Waals surface area contributed by atoms with Crippen LogP contribution in [0.1, 0.15) is 31.1 Å². The summed E-state index contributed by atoms with van der Waals surface area (Å²) in [6.45, 7) is 7.27. The summed E-state index contributed by atoms with van der Waals surface area (Å²) in [6, 6.07) is 6.80. The van der Waals surface area contributed by atoms with E-state index in [1.54, 1.807) is 31.3 Å². The van der Waals surface area contributed by atoms with Crippen molar-refractivity contribution in [3.63, 3.8) is 0 Å². The van der Waals surface area contributed by atoms with E-state index in [0.29, 0.717) is 29.6 Å². The molecule has 0 atom stereocenters. The van der Waals surface area contributed by atoms with Gasteiger partial charge < -0.3 is 16.0 Å². The fourth-order valence-electron chi connectivity index (χ4n) is 1.59. The quantitative estimate of drug-likeness (QED) is 0.293. The van der Waals surface area contributed by atoms with Gasteiger partial charge >= 0.3 is 0 Å². The Morgan fingerprint density at radius 2 is 1.68 bits per heavy atom. The van der Waals surface area contributed by atoms with Gasteiger partial charge in [-0.15, -0.1) is 24.0 Å². The van der Waals surface area contributed by atoms with Crippen LogP contribution in [0.2, 0.25) is 5.02 Å². The van der Waals surface area contributed by atoms with Crippen LogP contribution in [0.25, 0.3) is 0 Å². The number of hydrogen-bond donors (Lipinski definition) is 3. The van der Waals surface area contributed by atoms with Crippen LogP contribution < -0.4 is 16.0 Å². The number of aliphatic imine (C=N–C) groups is 1. The van der Waals surface area contributed by atoms with Crippen LogP contribution in [0.15, 0.2) is 29.3 Å². The number of guanidine groups is 1. The summed E-state index contributed by atoms with van der Waals surface area (Å²) in [7, 11) is 1.72. The number of carbonyl (C=O) groups is 1. The summed E-state index contributed by atoms with van der Waals surface area (Å²) in [4.78, 5) is 16.0. The largest absolute Gasteiger partial charge is 0.355 e. The molecule has 0 spiro atoms. The predicted octanol–water partition coefficient (Wildman–Crippen LogP) is 2.65. The molecule has 0 fully saturated rings. The van der Waals surface area contributed by atoms with Crippen molar-refractivity contribution < 1.29 is 4.79 Å². The molecule has 124 valence electrons. The van der Waals surface area contributed by atoms with Crippen LogP contribution in [-0.2, 0) is 0 Å². The maximum absolute atomic E-state index is 11.9. The first-order valence-electron chi connectivity index (χ1n) is 6.84. The van der Waals surface area contributed by atoms with E-state index in [4.69, 9.17) is 11.6 Å². The number of rotatable bonds is 4. The van der Waals surface area contributed by atoms with Crippen LogP contribution >= 0.6 is 35.6 Å². The second-order valence-corrected chi connectivity index (χ2v) is 6.07. The Balaban J connectivity index is 0.00000441. The van der Waals surface area contributed by atoms with E-state index < -0.39 is 0 Å². The molecule has 0 aliphatic heterocycles. The molecule has 0 heterocycles. The van der Waals surface area contributed by atoms with Crippen molar-refractivity contribution in [2.45, 2.75) is 26.3 Å². The van der Waals surface area contributed by atoms with Crippen molar-refractivity contribution in [2.24, 2.45) is 4.99 Å². The fourth-order valence-corrected chi connectivity index (χ4v) is 1.72. The Labute approximate surface area is 154 Å². The highest BCUT2D eigenvalue weighted by Crippen LogP contribution is 2.09. The van der Waals surface area contributed by atoms with Gasteiger partial charge in [-0.1, -0.05) is 11.6 Å². The predicted molar refractivity (Wildman–Crippen MR) is 103 cm³/mol. The number of hydrogen-bond acceptors (Lipinski definition) is 2. The lowest BCUT2D eigenvalue weighted by molar-refractivity contribution is 0.0954. The van der Waals surface area contributed by atoms with Crippen molar-refractivity contribution in [3.05, 3.63) is 34.9 Å². The van der Waals surface area contributed by atoms with Crippen molar-refractivity contribution in [1.29, 1.82) is 0 Å². The molecule has 0 saturated heterocycles. The van der Waals surface area contributed by atoms with E-state index in [2.05, 4.69) is 41.7 Å². The first-order chi connectivity index (χ1) is 9.81. The van der Waals surface area contributed by atoms with Crippen LogP contribution in [-0.4, -0.2) is 37.5 Å². The number of benzene rings is 1. The maximum Gasteiger partial charge on any atom is 0.251 e. The standard InChI is InChI=1S/C15H23ClN4O.HI/c1-15(2,3)20-14(17-4)19-10-9-18-13(21)11-5-7-12(16)8-6-11;/h5-8H,9-10H2,1-4H3,(H,18,21)(H2,17,19,20);1H. The Morgan fingerprint density at radius 1 is 1.14 bits per heavy atom. The lowest BCUT2D eigenvalue weighted by Crippen LogP contribution is -2.49. The van der Waals surface area contributed by atoms with Gasteiger partial charge in [-0.25, -0.2) is 0 Å². The van der Waals surface area contributed by atoms with Gasteiger partial charge in [0.1, 0.15) is 0 Å². The topological polar surface area (TPSA) is 65.5 Å². The molecule has 0 bridgehead atoms. The van der Waals surface area contributed by atoms with Gasteiger partial charge in [-0.2, -0.15) is 0 Å². The van der Waals surface area contributed by atoms with E-state index in [1.165, 1.54) is 0 Å². The smallest absolute Gasteiger partial charge is 0.251 e. The average Bonchev–Trinajstić information content (AvgIpc) is 2.41. The lowest BCUT2D eigenvalue weighted by atomic mass is 10.1. The number of nitrogens with zero attached hydrogens (tertiary/aromatic N) is 1. The molecule has 0 saturated carbocycles. The Bertz CT molecular complexity index is 497. The third-order valence-corrected chi connectivity index (χ3v) is 2.78. The molecule has 0 radical (unpaired) electrons. The maximum atomic E-state index is 11.9. The van der Waals surface area contributed by atoms with Crippen molar-refractivity contribution in [2.75, 3.05) is 20.1 Å². The van der Waals surface area contributed by atoms with Crippen LogP contribution in [0, 0.1) is 0 Å². The van der Waals surface area contributed by atoms with Gasteiger partial charge in [0.05, 0.1) is 0 Å². The summed E-state index contributed by atoms with van der Waals surface area (Å²) in [5, 5.41) is 9.84. The van der Waals surface area contributed by atoms with Crippen LogP contribution in [0.3, 0.4) is 0 Å². The number of amides is 1. The average molecular weight is 439 g/mol. The van der Waals surface area contributed by atoms with Gasteiger partial charge in [-0.05, 0) is 45.0 Å². The molecule has 1 amide bonds. The molecule has 0 aliphatic rings. The summed E-state index contributed by atoms with van der Waals surface area (Å²) in [5.41, 5.74) is 0.533. The third kappa shape index (κ3) is 8.43. The zero-order chi connectivity index (χ0) is 15.9. The molecule has 1 rings (SSSR count). The highest BCUT2D eigenvalue weighted by molar-refractivity contribution is 14.0. The summed E-state index contributed by atoms with van der Waals surface area (Å²) in [5.74, 6) is 0.593. The molecule has 0 aliphatic carbocycles. The van der Waals surface area contributed by atoms with Crippen LogP contribution in [0.5, 0.6) is 0 Å². The third-order valence-electron chi connectivity index (χ3n) is 2.53. The summed E-state index contributed by atoms with van der Waals surface area (Å²) < 4.78 is 0. The Morgan fingerprint density at radius 3 is 2.18 bits per heavy atom. The summed E-state index contributed by atoms with van der Waals surface area (Å²) in [6.07, 6.45) is 0. The highest BCUT2D eigenvalue weighted by Gasteiger charge is 2.11. The second-order valence-electron chi connectivity index (χ2n) is 5.64. The Hall–Kier alpha value is -1.02. The SMILES string of the molecule is CN=C(NCCNC(=O)c1ccc(Cl)cc1)NC(C)(C)C.I.